The maximum absolute atomic E-state index is 12.2. The molecule has 0 amide bonds. The molecule has 0 saturated carbocycles. The molecular weight excluding hydrogens is 339 g/mol. The van der Waals surface area contributed by atoms with Gasteiger partial charge in [-0.15, -0.1) is 13.2 Å². The molecular formula is C17H18F3NO4. The monoisotopic (exact) mass is 357 g/mol. The summed E-state index contributed by atoms with van der Waals surface area (Å²) in [5, 5.41) is 0. The summed E-state index contributed by atoms with van der Waals surface area (Å²) in [5.74, 6) is 0.937. The second kappa shape index (κ2) is 7.52. The third kappa shape index (κ3) is 4.27. The van der Waals surface area contributed by atoms with Gasteiger partial charge in [0.25, 0.3) is 0 Å². The van der Waals surface area contributed by atoms with Crippen molar-refractivity contribution < 1.29 is 32.1 Å². The first kappa shape index (κ1) is 18.7. The van der Waals surface area contributed by atoms with E-state index in [4.69, 9.17) is 19.9 Å². The number of rotatable bonds is 6. The molecule has 1 atom stereocenters. The molecule has 0 aliphatic carbocycles. The zero-order valence-electron chi connectivity index (χ0n) is 13.9. The Labute approximate surface area is 143 Å². The summed E-state index contributed by atoms with van der Waals surface area (Å²) >= 11 is 0. The molecule has 0 aliphatic heterocycles. The maximum Gasteiger partial charge on any atom is 0.573 e. The molecule has 5 nitrogen and oxygen atoms in total. The van der Waals surface area contributed by atoms with Gasteiger partial charge in [0.15, 0.2) is 11.5 Å². The minimum Gasteiger partial charge on any atom is -0.493 e. The van der Waals surface area contributed by atoms with Gasteiger partial charge in [0.1, 0.15) is 5.75 Å². The molecule has 8 heteroatoms. The number of methoxy groups -OCH3 is 3. The maximum atomic E-state index is 12.2. The quantitative estimate of drug-likeness (QED) is 0.855. The first-order valence-corrected chi connectivity index (χ1v) is 7.21. The van der Waals surface area contributed by atoms with E-state index in [-0.39, 0.29) is 5.75 Å². The van der Waals surface area contributed by atoms with Crippen molar-refractivity contribution in [2.45, 2.75) is 12.4 Å². The molecule has 0 radical (unpaired) electrons. The van der Waals surface area contributed by atoms with Crippen LogP contribution in [-0.4, -0.2) is 27.7 Å². The van der Waals surface area contributed by atoms with Gasteiger partial charge in [0.2, 0.25) is 5.75 Å². The zero-order chi connectivity index (χ0) is 18.6. The number of hydrogen-bond donors (Lipinski definition) is 1. The molecule has 2 N–H and O–H groups in total. The van der Waals surface area contributed by atoms with Crippen LogP contribution < -0.4 is 24.7 Å². The Morgan fingerprint density at radius 3 is 1.92 bits per heavy atom. The molecule has 2 aromatic carbocycles. The molecule has 25 heavy (non-hydrogen) atoms. The van der Waals surface area contributed by atoms with Gasteiger partial charge in [0, 0.05) is 5.56 Å². The summed E-state index contributed by atoms with van der Waals surface area (Å²) in [6.07, 6.45) is -4.74. The van der Waals surface area contributed by atoms with E-state index < -0.39 is 12.4 Å². The summed E-state index contributed by atoms with van der Waals surface area (Å²) in [4.78, 5) is 0. The molecule has 136 valence electrons. The van der Waals surface area contributed by atoms with Crippen LogP contribution in [0.15, 0.2) is 36.4 Å². The van der Waals surface area contributed by atoms with E-state index in [1.54, 1.807) is 12.1 Å². The van der Waals surface area contributed by atoms with Crippen LogP contribution >= 0.6 is 0 Å². The van der Waals surface area contributed by atoms with Crippen LogP contribution in [0.4, 0.5) is 13.2 Å². The van der Waals surface area contributed by atoms with Gasteiger partial charge in [-0.05, 0) is 29.8 Å². The Bertz CT molecular complexity index is 717. The van der Waals surface area contributed by atoms with Gasteiger partial charge in [0.05, 0.1) is 27.4 Å². The molecule has 0 bridgehead atoms. The predicted molar refractivity (Wildman–Crippen MR) is 85.3 cm³/mol. The molecule has 2 aromatic rings. The van der Waals surface area contributed by atoms with Gasteiger partial charge in [-0.3, -0.25) is 0 Å². The van der Waals surface area contributed by atoms with Crippen LogP contribution in [0, 0.1) is 0 Å². The topological polar surface area (TPSA) is 62.9 Å². The molecule has 0 aliphatic rings. The van der Waals surface area contributed by atoms with Crippen molar-refractivity contribution in [3.05, 3.63) is 47.5 Å². The van der Waals surface area contributed by atoms with E-state index in [0.29, 0.717) is 28.4 Å². The van der Waals surface area contributed by atoms with E-state index in [0.717, 1.165) is 0 Å². The molecule has 2 rings (SSSR count). The predicted octanol–water partition coefficient (Wildman–Crippen LogP) is 3.66. The molecule has 0 spiro atoms. The Kier molecular flexibility index (Phi) is 5.63. The third-order valence-electron chi connectivity index (χ3n) is 3.54. The van der Waals surface area contributed by atoms with E-state index in [9.17, 15) is 13.2 Å². The average molecular weight is 357 g/mol. The smallest absolute Gasteiger partial charge is 0.493 e. The first-order valence-electron chi connectivity index (χ1n) is 7.21. The van der Waals surface area contributed by atoms with E-state index in [1.807, 2.05) is 0 Å². The fourth-order valence-electron chi connectivity index (χ4n) is 2.43. The zero-order valence-corrected chi connectivity index (χ0v) is 13.9. The van der Waals surface area contributed by atoms with Crippen molar-refractivity contribution in [2.75, 3.05) is 21.3 Å². The van der Waals surface area contributed by atoms with Gasteiger partial charge in [-0.1, -0.05) is 12.1 Å². The molecule has 0 unspecified atom stereocenters. The largest absolute Gasteiger partial charge is 0.573 e. The highest BCUT2D eigenvalue weighted by Crippen LogP contribution is 2.42. The van der Waals surface area contributed by atoms with Crippen molar-refractivity contribution >= 4 is 0 Å². The lowest BCUT2D eigenvalue weighted by atomic mass is 9.98. The van der Waals surface area contributed by atoms with Crippen LogP contribution in [0.5, 0.6) is 23.0 Å². The molecule has 0 aromatic heterocycles. The lowest BCUT2D eigenvalue weighted by Gasteiger charge is -2.20. The highest BCUT2D eigenvalue weighted by atomic mass is 19.4. The fraction of sp³-hybridized carbons (Fsp3) is 0.294. The highest BCUT2D eigenvalue weighted by molar-refractivity contribution is 5.58. The third-order valence-corrected chi connectivity index (χ3v) is 3.54. The Hall–Kier alpha value is -2.61. The van der Waals surface area contributed by atoms with Crippen molar-refractivity contribution in [1.82, 2.24) is 0 Å². The number of halogens is 3. The van der Waals surface area contributed by atoms with Crippen molar-refractivity contribution in [2.24, 2.45) is 5.73 Å². The lowest BCUT2D eigenvalue weighted by Crippen LogP contribution is -2.17. The number of benzene rings is 2. The minimum absolute atomic E-state index is 0.317. The number of alkyl halides is 3. The average Bonchev–Trinajstić information content (AvgIpc) is 2.58. The summed E-state index contributed by atoms with van der Waals surface area (Å²) < 4.78 is 56.4. The standard InChI is InChI=1S/C17H18F3NO4/c1-22-13-9-8-12(15(23-2)16(13)24-3)14(21)10-4-6-11(7-5-10)25-17(18,19)20/h4-9,14H,21H2,1-3H3/t14-/m1/s1. The second-order valence-corrected chi connectivity index (χ2v) is 5.02. The Morgan fingerprint density at radius 1 is 0.840 bits per heavy atom. The fourth-order valence-corrected chi connectivity index (χ4v) is 2.43. The molecule has 0 saturated heterocycles. The van der Waals surface area contributed by atoms with Crippen molar-refractivity contribution in [3.8, 4) is 23.0 Å². The summed E-state index contributed by atoms with van der Waals surface area (Å²) in [6, 6.07) is 8.08. The van der Waals surface area contributed by atoms with Gasteiger partial charge in [-0.2, -0.15) is 0 Å². The number of hydrogen-bond acceptors (Lipinski definition) is 5. The van der Waals surface area contributed by atoms with E-state index in [2.05, 4.69) is 4.74 Å². The minimum atomic E-state index is -4.74. The van der Waals surface area contributed by atoms with E-state index in [1.165, 1.54) is 45.6 Å². The normalized spacial score (nSPS) is 12.4. The molecule has 0 heterocycles. The van der Waals surface area contributed by atoms with E-state index >= 15 is 0 Å². The summed E-state index contributed by atoms with van der Waals surface area (Å²) in [5.41, 5.74) is 7.43. The highest BCUT2D eigenvalue weighted by Gasteiger charge is 2.31. The summed E-state index contributed by atoms with van der Waals surface area (Å²) in [6.45, 7) is 0. The Balaban J connectivity index is 2.35. The van der Waals surface area contributed by atoms with Gasteiger partial charge < -0.3 is 24.7 Å². The van der Waals surface area contributed by atoms with Crippen LogP contribution in [0.3, 0.4) is 0 Å². The van der Waals surface area contributed by atoms with Gasteiger partial charge in [-0.25, -0.2) is 0 Å². The van der Waals surface area contributed by atoms with Gasteiger partial charge >= 0.3 is 6.36 Å². The van der Waals surface area contributed by atoms with Crippen LogP contribution in [0.1, 0.15) is 17.2 Å². The first-order chi connectivity index (χ1) is 11.8. The van der Waals surface area contributed by atoms with Crippen molar-refractivity contribution in [1.29, 1.82) is 0 Å². The lowest BCUT2D eigenvalue weighted by molar-refractivity contribution is -0.274. The van der Waals surface area contributed by atoms with Crippen LogP contribution in [0.25, 0.3) is 0 Å². The number of ether oxygens (including phenoxy) is 4. The van der Waals surface area contributed by atoms with Crippen LogP contribution in [-0.2, 0) is 0 Å². The molecule has 0 fully saturated rings. The SMILES string of the molecule is COc1ccc([C@H](N)c2ccc(OC(F)(F)F)cc2)c(OC)c1OC. The second-order valence-electron chi connectivity index (χ2n) is 5.02. The van der Waals surface area contributed by atoms with Crippen LogP contribution in [0.2, 0.25) is 0 Å². The van der Waals surface area contributed by atoms with Crippen molar-refractivity contribution in [3.63, 3.8) is 0 Å². The summed E-state index contributed by atoms with van der Waals surface area (Å²) in [7, 11) is 4.43. The number of nitrogens with two attached hydrogens (primary N) is 1. The Morgan fingerprint density at radius 2 is 1.44 bits per heavy atom.